The van der Waals surface area contributed by atoms with Gasteiger partial charge in [-0.1, -0.05) is 17.3 Å². The molecule has 1 unspecified atom stereocenters. The molecule has 2 amide bonds. The summed E-state index contributed by atoms with van der Waals surface area (Å²) in [6.07, 6.45) is 4.16. The van der Waals surface area contributed by atoms with Gasteiger partial charge in [0.1, 0.15) is 6.04 Å². The van der Waals surface area contributed by atoms with Crippen LogP contribution in [-0.4, -0.2) is 50.5 Å². The zero-order chi connectivity index (χ0) is 21.1. The fraction of sp³-hybridized carbons (Fsp3) is 0.238. The van der Waals surface area contributed by atoms with E-state index in [2.05, 4.69) is 15.1 Å². The number of aryl methyl sites for hydroxylation is 1. The van der Waals surface area contributed by atoms with Crippen LogP contribution < -0.4 is 0 Å². The maximum Gasteiger partial charge on any atom is 0.329 e. The van der Waals surface area contributed by atoms with Gasteiger partial charge in [-0.2, -0.15) is 4.98 Å². The minimum Gasteiger partial charge on any atom is -0.464 e. The van der Waals surface area contributed by atoms with Gasteiger partial charge in [0.15, 0.2) is 0 Å². The van der Waals surface area contributed by atoms with Gasteiger partial charge in [0.2, 0.25) is 11.7 Å². The second-order valence-electron chi connectivity index (χ2n) is 6.73. The molecule has 0 spiro atoms. The largest absolute Gasteiger partial charge is 0.464 e. The molecule has 152 valence electrons. The third kappa shape index (κ3) is 3.69. The van der Waals surface area contributed by atoms with Crippen LogP contribution in [-0.2, 0) is 16.0 Å². The fourth-order valence-electron chi connectivity index (χ4n) is 3.15. The molecular weight excluding hydrogens is 388 g/mol. The first-order valence-electron chi connectivity index (χ1n) is 9.43. The number of hydrogen-bond acceptors (Lipinski definition) is 8. The molecule has 0 radical (unpaired) electrons. The number of carbonyl (C=O) groups excluding carboxylic acids is 3. The SMILES string of the molecule is CC(C(=O)OCCCc1nc(-c2cccnc2)no1)N1C(=O)c2ccccc2C1=O. The first-order chi connectivity index (χ1) is 14.6. The van der Waals surface area contributed by atoms with Crippen molar-refractivity contribution in [3.8, 4) is 11.4 Å². The van der Waals surface area contributed by atoms with Gasteiger partial charge in [0.25, 0.3) is 11.8 Å². The number of carbonyl (C=O) groups is 3. The monoisotopic (exact) mass is 406 g/mol. The molecule has 9 nitrogen and oxygen atoms in total. The third-order valence-corrected chi connectivity index (χ3v) is 4.72. The number of aromatic nitrogens is 3. The highest BCUT2D eigenvalue weighted by Gasteiger charge is 2.41. The smallest absolute Gasteiger partial charge is 0.329 e. The molecule has 3 aromatic rings. The van der Waals surface area contributed by atoms with Crippen LogP contribution in [0.5, 0.6) is 0 Å². The summed E-state index contributed by atoms with van der Waals surface area (Å²) in [6, 6.07) is 9.07. The van der Waals surface area contributed by atoms with Crippen LogP contribution in [0.15, 0.2) is 53.3 Å². The van der Waals surface area contributed by atoms with E-state index in [0.29, 0.717) is 35.7 Å². The Kier molecular flexibility index (Phi) is 5.34. The molecule has 1 aromatic carbocycles. The maximum absolute atomic E-state index is 12.5. The Morgan fingerprint density at radius 1 is 1.13 bits per heavy atom. The highest BCUT2D eigenvalue weighted by molar-refractivity contribution is 6.22. The molecule has 1 atom stereocenters. The topological polar surface area (TPSA) is 115 Å². The Hall–Kier alpha value is -3.88. The van der Waals surface area contributed by atoms with Gasteiger partial charge in [-0.05, 0) is 37.6 Å². The van der Waals surface area contributed by atoms with Gasteiger partial charge in [-0.15, -0.1) is 0 Å². The number of esters is 1. The van der Waals surface area contributed by atoms with E-state index >= 15 is 0 Å². The summed E-state index contributed by atoms with van der Waals surface area (Å²) in [6.45, 7) is 1.57. The number of nitrogens with zero attached hydrogens (tertiary/aromatic N) is 4. The van der Waals surface area contributed by atoms with E-state index in [4.69, 9.17) is 9.26 Å². The van der Waals surface area contributed by atoms with Crippen molar-refractivity contribution in [3.63, 3.8) is 0 Å². The number of amides is 2. The Balaban J connectivity index is 1.28. The fourth-order valence-corrected chi connectivity index (χ4v) is 3.15. The second-order valence-corrected chi connectivity index (χ2v) is 6.73. The number of ether oxygens (including phenoxy) is 1. The highest BCUT2D eigenvalue weighted by Crippen LogP contribution is 2.24. The van der Waals surface area contributed by atoms with Crippen LogP contribution in [0.2, 0.25) is 0 Å². The lowest BCUT2D eigenvalue weighted by Gasteiger charge is -2.20. The summed E-state index contributed by atoms with van der Waals surface area (Å²) >= 11 is 0. The normalized spacial score (nSPS) is 14.0. The standard InChI is InChI=1S/C21H18N4O5/c1-13(25-19(26)15-7-2-3-8-16(15)20(25)27)21(28)29-11-5-9-17-23-18(24-30-17)14-6-4-10-22-12-14/h2-4,6-8,10,12-13H,5,9,11H2,1H3. The predicted octanol–water partition coefficient (Wildman–Crippen LogP) is 2.29. The van der Waals surface area contributed by atoms with E-state index in [1.807, 2.05) is 6.07 Å². The van der Waals surface area contributed by atoms with Crippen LogP contribution in [0, 0.1) is 0 Å². The second kappa shape index (κ2) is 8.24. The summed E-state index contributed by atoms with van der Waals surface area (Å²) in [4.78, 5) is 46.5. The zero-order valence-electron chi connectivity index (χ0n) is 16.1. The quantitative estimate of drug-likeness (QED) is 0.333. The molecule has 4 rings (SSSR count). The van der Waals surface area contributed by atoms with Crippen molar-refractivity contribution in [2.75, 3.05) is 6.61 Å². The lowest BCUT2D eigenvalue weighted by Crippen LogP contribution is -2.43. The molecule has 30 heavy (non-hydrogen) atoms. The number of pyridine rings is 1. The zero-order valence-corrected chi connectivity index (χ0v) is 16.1. The van der Waals surface area contributed by atoms with Gasteiger partial charge in [-0.3, -0.25) is 19.5 Å². The van der Waals surface area contributed by atoms with Crippen molar-refractivity contribution in [1.29, 1.82) is 0 Å². The average Bonchev–Trinajstić information content (AvgIpc) is 3.35. The minimum atomic E-state index is -1.02. The van der Waals surface area contributed by atoms with Crippen LogP contribution in [0.25, 0.3) is 11.4 Å². The van der Waals surface area contributed by atoms with Crippen molar-refractivity contribution >= 4 is 17.8 Å². The summed E-state index contributed by atoms with van der Waals surface area (Å²) in [7, 11) is 0. The van der Waals surface area contributed by atoms with Crippen LogP contribution >= 0.6 is 0 Å². The molecule has 3 heterocycles. The lowest BCUT2D eigenvalue weighted by molar-refractivity contribution is -0.147. The van der Waals surface area contributed by atoms with E-state index in [0.717, 1.165) is 10.5 Å². The van der Waals surface area contributed by atoms with Gasteiger partial charge >= 0.3 is 5.97 Å². The van der Waals surface area contributed by atoms with Crippen molar-refractivity contribution in [2.24, 2.45) is 0 Å². The number of benzene rings is 1. The molecule has 0 fully saturated rings. The summed E-state index contributed by atoms with van der Waals surface area (Å²) in [5.41, 5.74) is 1.33. The van der Waals surface area contributed by atoms with E-state index in [-0.39, 0.29) is 6.61 Å². The van der Waals surface area contributed by atoms with Gasteiger partial charge in [0, 0.05) is 24.4 Å². The van der Waals surface area contributed by atoms with E-state index in [1.54, 1.807) is 42.7 Å². The molecular formula is C21H18N4O5. The molecule has 2 aromatic heterocycles. The van der Waals surface area contributed by atoms with Gasteiger partial charge in [-0.25, -0.2) is 4.79 Å². The van der Waals surface area contributed by atoms with Crippen LogP contribution in [0.3, 0.4) is 0 Å². The molecule has 0 aliphatic carbocycles. The van der Waals surface area contributed by atoms with Crippen molar-refractivity contribution < 1.29 is 23.6 Å². The van der Waals surface area contributed by atoms with Gasteiger partial charge < -0.3 is 9.26 Å². The first-order valence-corrected chi connectivity index (χ1v) is 9.43. The molecule has 0 saturated heterocycles. The van der Waals surface area contributed by atoms with Crippen molar-refractivity contribution in [2.45, 2.75) is 25.8 Å². The Labute approximate surface area is 171 Å². The summed E-state index contributed by atoms with van der Waals surface area (Å²) < 4.78 is 10.4. The Morgan fingerprint density at radius 3 is 2.53 bits per heavy atom. The van der Waals surface area contributed by atoms with E-state index in [9.17, 15) is 14.4 Å². The first kappa shape index (κ1) is 19.4. The van der Waals surface area contributed by atoms with Crippen molar-refractivity contribution in [3.05, 3.63) is 65.8 Å². The Morgan fingerprint density at radius 2 is 1.87 bits per heavy atom. The number of imide groups is 1. The Bertz CT molecular complexity index is 1060. The third-order valence-electron chi connectivity index (χ3n) is 4.72. The molecule has 0 N–H and O–H groups in total. The maximum atomic E-state index is 12.5. The summed E-state index contributed by atoms with van der Waals surface area (Å²) in [5.74, 6) is -0.776. The molecule has 1 aliphatic heterocycles. The van der Waals surface area contributed by atoms with Crippen molar-refractivity contribution in [1.82, 2.24) is 20.0 Å². The number of hydrogen-bond donors (Lipinski definition) is 0. The average molecular weight is 406 g/mol. The number of fused-ring (bicyclic) bond motifs is 1. The van der Waals surface area contributed by atoms with Crippen LogP contribution in [0.4, 0.5) is 0 Å². The summed E-state index contributed by atoms with van der Waals surface area (Å²) in [5, 5.41) is 3.90. The molecule has 9 heteroatoms. The number of rotatable bonds is 7. The van der Waals surface area contributed by atoms with Gasteiger partial charge in [0.05, 0.1) is 17.7 Å². The van der Waals surface area contributed by atoms with Crippen LogP contribution in [0.1, 0.15) is 40.0 Å². The van der Waals surface area contributed by atoms with E-state index in [1.165, 1.54) is 6.92 Å². The van der Waals surface area contributed by atoms with E-state index < -0.39 is 23.8 Å². The highest BCUT2D eigenvalue weighted by atomic mass is 16.5. The lowest BCUT2D eigenvalue weighted by atomic mass is 10.1. The minimum absolute atomic E-state index is 0.0942. The molecule has 0 bridgehead atoms. The molecule has 1 aliphatic rings. The molecule has 0 saturated carbocycles. The predicted molar refractivity (Wildman–Crippen MR) is 103 cm³/mol.